The number of carbonyl (C=O) groups excluding carboxylic acids is 1. The van der Waals surface area contributed by atoms with E-state index in [9.17, 15) is 13.2 Å². The summed E-state index contributed by atoms with van der Waals surface area (Å²) in [5.74, 6) is -0.197. The number of anilines is 1. The summed E-state index contributed by atoms with van der Waals surface area (Å²) in [4.78, 5) is 12.1. The Morgan fingerprint density at radius 1 is 1.08 bits per heavy atom. The first-order chi connectivity index (χ1) is 11.3. The third kappa shape index (κ3) is 4.97. The molecule has 0 aliphatic carbocycles. The van der Waals surface area contributed by atoms with Gasteiger partial charge in [-0.1, -0.05) is 23.7 Å². The minimum atomic E-state index is -3.31. The Balaban J connectivity index is 1.92. The van der Waals surface area contributed by atoms with Gasteiger partial charge < -0.3 is 5.32 Å². The number of benzene rings is 2. The third-order valence-electron chi connectivity index (χ3n) is 3.60. The van der Waals surface area contributed by atoms with Crippen molar-refractivity contribution in [2.45, 2.75) is 6.42 Å². The van der Waals surface area contributed by atoms with Crippen LogP contribution in [-0.2, 0) is 16.4 Å². The van der Waals surface area contributed by atoms with Gasteiger partial charge in [-0.25, -0.2) is 8.42 Å². The zero-order valence-corrected chi connectivity index (χ0v) is 15.1. The van der Waals surface area contributed by atoms with E-state index in [1.807, 2.05) is 24.3 Å². The maximum atomic E-state index is 12.1. The second kappa shape index (κ2) is 7.68. The highest BCUT2D eigenvalue weighted by Gasteiger charge is 2.12. The van der Waals surface area contributed by atoms with Crippen LogP contribution < -0.4 is 9.62 Å². The van der Waals surface area contributed by atoms with Crippen LogP contribution in [0.3, 0.4) is 0 Å². The first-order valence-corrected chi connectivity index (χ1v) is 9.56. The molecule has 0 radical (unpaired) electrons. The van der Waals surface area contributed by atoms with Crippen molar-refractivity contribution in [1.82, 2.24) is 5.32 Å². The molecular weight excluding hydrogens is 348 g/mol. The van der Waals surface area contributed by atoms with Crippen molar-refractivity contribution in [3.8, 4) is 0 Å². The van der Waals surface area contributed by atoms with Crippen molar-refractivity contribution in [2.75, 3.05) is 24.2 Å². The average molecular weight is 367 g/mol. The summed E-state index contributed by atoms with van der Waals surface area (Å²) < 4.78 is 24.1. The molecule has 7 heteroatoms. The molecule has 2 aromatic rings. The molecule has 0 fully saturated rings. The maximum Gasteiger partial charge on any atom is 0.251 e. The number of halogens is 1. The van der Waals surface area contributed by atoms with E-state index in [1.54, 1.807) is 24.3 Å². The normalized spacial score (nSPS) is 11.1. The molecule has 1 amide bonds. The van der Waals surface area contributed by atoms with Gasteiger partial charge in [-0.15, -0.1) is 0 Å². The molecule has 0 aliphatic rings. The Morgan fingerprint density at radius 2 is 1.67 bits per heavy atom. The summed E-state index contributed by atoms with van der Waals surface area (Å²) in [5.41, 5.74) is 2.08. The van der Waals surface area contributed by atoms with E-state index in [0.29, 0.717) is 29.2 Å². The van der Waals surface area contributed by atoms with Crippen molar-refractivity contribution in [1.29, 1.82) is 0 Å². The quantitative estimate of drug-likeness (QED) is 0.854. The van der Waals surface area contributed by atoms with Crippen LogP contribution in [0.4, 0.5) is 5.69 Å². The van der Waals surface area contributed by atoms with Crippen LogP contribution in [0.2, 0.25) is 5.02 Å². The lowest BCUT2D eigenvalue weighted by molar-refractivity contribution is 0.0954. The zero-order chi connectivity index (χ0) is 17.7. The molecule has 5 nitrogen and oxygen atoms in total. The van der Waals surface area contributed by atoms with Crippen molar-refractivity contribution in [3.05, 3.63) is 64.7 Å². The number of amides is 1. The molecule has 24 heavy (non-hydrogen) atoms. The van der Waals surface area contributed by atoms with Gasteiger partial charge in [0.25, 0.3) is 5.91 Å². The van der Waals surface area contributed by atoms with Gasteiger partial charge in [0.2, 0.25) is 10.0 Å². The fourth-order valence-electron chi connectivity index (χ4n) is 2.09. The van der Waals surface area contributed by atoms with Gasteiger partial charge >= 0.3 is 0 Å². The minimum Gasteiger partial charge on any atom is -0.352 e. The maximum absolute atomic E-state index is 12.1. The summed E-state index contributed by atoms with van der Waals surface area (Å²) >= 11 is 5.83. The second-order valence-corrected chi connectivity index (χ2v) is 7.86. The van der Waals surface area contributed by atoms with Crippen molar-refractivity contribution < 1.29 is 13.2 Å². The molecule has 0 aliphatic heterocycles. The van der Waals surface area contributed by atoms with E-state index < -0.39 is 10.0 Å². The van der Waals surface area contributed by atoms with Crippen LogP contribution in [-0.4, -0.2) is 34.2 Å². The Kier molecular flexibility index (Phi) is 5.85. The Labute approximate surface area is 147 Å². The Morgan fingerprint density at radius 3 is 2.21 bits per heavy atom. The van der Waals surface area contributed by atoms with E-state index in [1.165, 1.54) is 7.05 Å². The summed E-state index contributed by atoms with van der Waals surface area (Å²) in [6, 6.07) is 13.9. The Bertz CT molecular complexity index is 803. The first-order valence-electron chi connectivity index (χ1n) is 7.34. The zero-order valence-electron chi connectivity index (χ0n) is 13.5. The van der Waals surface area contributed by atoms with E-state index in [-0.39, 0.29) is 5.91 Å². The first kappa shape index (κ1) is 18.3. The molecule has 0 saturated carbocycles. The second-order valence-electron chi connectivity index (χ2n) is 5.41. The highest BCUT2D eigenvalue weighted by Crippen LogP contribution is 2.16. The molecule has 1 N–H and O–H groups in total. The fourth-order valence-corrected chi connectivity index (χ4v) is 2.72. The summed E-state index contributed by atoms with van der Waals surface area (Å²) in [5, 5.41) is 3.52. The number of hydrogen-bond acceptors (Lipinski definition) is 3. The highest BCUT2D eigenvalue weighted by molar-refractivity contribution is 7.92. The van der Waals surface area contributed by atoms with Crippen molar-refractivity contribution in [3.63, 3.8) is 0 Å². The lowest BCUT2D eigenvalue weighted by atomic mass is 10.1. The van der Waals surface area contributed by atoms with Gasteiger partial charge in [0.05, 0.1) is 11.9 Å². The fraction of sp³-hybridized carbons (Fsp3) is 0.235. The molecule has 0 unspecified atom stereocenters. The SMILES string of the molecule is CN(c1ccc(C(=O)NCCc2ccc(Cl)cc2)cc1)S(C)(=O)=O. The van der Waals surface area contributed by atoms with E-state index in [4.69, 9.17) is 11.6 Å². The standard InChI is InChI=1S/C17H19ClN2O3S/c1-20(24(2,22)23)16-9-5-14(6-10-16)17(21)19-12-11-13-3-7-15(18)8-4-13/h3-10H,11-12H2,1-2H3,(H,19,21). The lowest BCUT2D eigenvalue weighted by Gasteiger charge is -2.16. The molecule has 0 atom stereocenters. The number of nitrogens with zero attached hydrogens (tertiary/aromatic N) is 1. The van der Waals surface area contributed by atoms with E-state index >= 15 is 0 Å². The van der Waals surface area contributed by atoms with Crippen LogP contribution in [0, 0.1) is 0 Å². The van der Waals surface area contributed by atoms with Gasteiger partial charge in [-0.3, -0.25) is 9.10 Å². The van der Waals surface area contributed by atoms with E-state index in [0.717, 1.165) is 16.1 Å². The third-order valence-corrected chi connectivity index (χ3v) is 5.06. The van der Waals surface area contributed by atoms with Crippen LogP contribution in [0.1, 0.15) is 15.9 Å². The van der Waals surface area contributed by atoms with Gasteiger partial charge in [0, 0.05) is 24.2 Å². The summed E-state index contributed by atoms with van der Waals surface area (Å²) in [7, 11) is -1.84. The molecule has 2 aromatic carbocycles. The highest BCUT2D eigenvalue weighted by atomic mass is 35.5. The van der Waals surface area contributed by atoms with Crippen LogP contribution in [0.5, 0.6) is 0 Å². The van der Waals surface area contributed by atoms with Gasteiger partial charge in [-0.2, -0.15) is 0 Å². The van der Waals surface area contributed by atoms with Crippen LogP contribution in [0.25, 0.3) is 0 Å². The molecule has 0 bridgehead atoms. The molecule has 0 saturated heterocycles. The molecule has 128 valence electrons. The predicted octanol–water partition coefficient (Wildman–Crippen LogP) is 2.71. The minimum absolute atomic E-state index is 0.197. The monoisotopic (exact) mass is 366 g/mol. The average Bonchev–Trinajstić information content (AvgIpc) is 2.55. The number of hydrogen-bond donors (Lipinski definition) is 1. The smallest absolute Gasteiger partial charge is 0.251 e. The van der Waals surface area contributed by atoms with Gasteiger partial charge in [-0.05, 0) is 48.4 Å². The number of rotatable bonds is 6. The molecule has 0 spiro atoms. The largest absolute Gasteiger partial charge is 0.352 e. The topological polar surface area (TPSA) is 66.5 Å². The molecule has 0 heterocycles. The summed E-state index contributed by atoms with van der Waals surface area (Å²) in [6.45, 7) is 0.505. The molecule has 2 rings (SSSR count). The van der Waals surface area contributed by atoms with E-state index in [2.05, 4.69) is 5.32 Å². The number of carbonyl (C=O) groups is 1. The molecular formula is C17H19ClN2O3S. The molecule has 0 aromatic heterocycles. The van der Waals surface area contributed by atoms with Crippen molar-refractivity contribution in [2.24, 2.45) is 0 Å². The Hall–Kier alpha value is -2.05. The predicted molar refractivity (Wildman–Crippen MR) is 97.2 cm³/mol. The van der Waals surface area contributed by atoms with Crippen LogP contribution >= 0.6 is 11.6 Å². The summed E-state index contributed by atoms with van der Waals surface area (Å²) in [6.07, 6.45) is 1.84. The van der Waals surface area contributed by atoms with Gasteiger partial charge in [0.1, 0.15) is 0 Å². The number of sulfonamides is 1. The van der Waals surface area contributed by atoms with Crippen LogP contribution in [0.15, 0.2) is 48.5 Å². The van der Waals surface area contributed by atoms with Gasteiger partial charge in [0.15, 0.2) is 0 Å². The lowest BCUT2D eigenvalue weighted by Crippen LogP contribution is -2.26. The number of nitrogens with one attached hydrogen (secondary N) is 1. The van der Waals surface area contributed by atoms with Crippen molar-refractivity contribution >= 4 is 33.2 Å².